The molecular weight excluding hydrogens is 386 g/mol. The number of rotatable bonds is 8. The number of carboxylic acids is 1. The molecule has 30 heavy (non-hydrogen) atoms. The van der Waals surface area contributed by atoms with Gasteiger partial charge in [-0.3, -0.25) is 4.79 Å². The zero-order valence-corrected chi connectivity index (χ0v) is 16.8. The Kier molecular flexibility index (Phi) is 6.51. The number of carbonyl (C=O) groups excluding carboxylic acids is 2. The summed E-state index contributed by atoms with van der Waals surface area (Å²) in [5, 5.41) is 14.6. The van der Waals surface area contributed by atoms with Crippen molar-refractivity contribution in [1.82, 2.24) is 5.32 Å². The van der Waals surface area contributed by atoms with Crippen LogP contribution in [0.15, 0.2) is 57.7 Å². The molecule has 2 aromatic carbocycles. The van der Waals surface area contributed by atoms with E-state index in [1.54, 1.807) is 49.4 Å². The van der Waals surface area contributed by atoms with Crippen LogP contribution in [0.4, 0.5) is 0 Å². The fourth-order valence-electron chi connectivity index (χ4n) is 3.31. The number of carbonyl (C=O) groups is 2. The molecule has 1 atom stereocenters. The van der Waals surface area contributed by atoms with E-state index in [9.17, 15) is 19.5 Å². The zero-order valence-electron chi connectivity index (χ0n) is 16.8. The fourth-order valence-corrected chi connectivity index (χ4v) is 3.31. The maximum absolute atomic E-state index is 12.3. The van der Waals surface area contributed by atoms with Crippen LogP contribution in [0, 0.1) is 6.92 Å². The highest BCUT2D eigenvalue weighted by atomic mass is 16.5. The van der Waals surface area contributed by atoms with Gasteiger partial charge < -0.3 is 24.4 Å². The molecule has 3 rings (SSSR count). The molecule has 7 heteroatoms. The summed E-state index contributed by atoms with van der Waals surface area (Å²) >= 11 is 0. The van der Waals surface area contributed by atoms with Crippen LogP contribution >= 0.6 is 0 Å². The Labute approximate surface area is 173 Å². The molecule has 0 bridgehead atoms. The molecule has 1 amide bonds. The Hall–Kier alpha value is -3.61. The predicted molar refractivity (Wildman–Crippen MR) is 109 cm³/mol. The summed E-state index contributed by atoms with van der Waals surface area (Å²) in [6, 6.07) is 12.0. The third-order valence-electron chi connectivity index (χ3n) is 4.75. The fraction of sp³-hybridized carbons (Fsp3) is 0.261. The molecule has 1 N–H and O–H groups in total. The average molecular weight is 408 g/mol. The first kappa shape index (κ1) is 21.1. The van der Waals surface area contributed by atoms with Crippen LogP contribution in [-0.4, -0.2) is 18.5 Å². The molecule has 0 saturated heterocycles. The summed E-state index contributed by atoms with van der Waals surface area (Å²) in [5.41, 5.74) is 1.87. The highest BCUT2D eigenvalue weighted by Gasteiger charge is 2.17. The Morgan fingerprint density at radius 3 is 2.57 bits per heavy atom. The van der Waals surface area contributed by atoms with E-state index in [1.807, 2.05) is 6.92 Å². The third-order valence-corrected chi connectivity index (χ3v) is 4.75. The van der Waals surface area contributed by atoms with Crippen LogP contribution in [0.2, 0.25) is 0 Å². The van der Waals surface area contributed by atoms with Crippen LogP contribution in [0.3, 0.4) is 0 Å². The van der Waals surface area contributed by atoms with Crippen molar-refractivity contribution >= 4 is 22.8 Å². The topological polar surface area (TPSA) is 109 Å². The first-order chi connectivity index (χ1) is 14.4. The van der Waals surface area contributed by atoms with E-state index >= 15 is 0 Å². The van der Waals surface area contributed by atoms with Gasteiger partial charge in [0.1, 0.15) is 11.3 Å². The zero-order chi connectivity index (χ0) is 21.7. The number of ether oxygens (including phenoxy) is 1. The quantitative estimate of drug-likeness (QED) is 0.572. The van der Waals surface area contributed by atoms with Crippen LogP contribution in [0.5, 0.6) is 5.75 Å². The Morgan fingerprint density at radius 1 is 1.17 bits per heavy atom. The minimum Gasteiger partial charge on any atom is -0.548 e. The van der Waals surface area contributed by atoms with Gasteiger partial charge in [-0.25, -0.2) is 4.79 Å². The summed E-state index contributed by atoms with van der Waals surface area (Å²) in [6.07, 6.45) is 1.63. The molecule has 0 aliphatic heterocycles. The Balaban J connectivity index is 1.76. The van der Waals surface area contributed by atoms with E-state index in [4.69, 9.17) is 9.15 Å². The number of benzene rings is 2. The molecule has 0 aliphatic carbocycles. The second-order valence-corrected chi connectivity index (χ2v) is 6.92. The lowest BCUT2D eigenvalue weighted by Crippen LogP contribution is -2.43. The van der Waals surface area contributed by atoms with Crippen LogP contribution < -0.4 is 20.8 Å². The largest absolute Gasteiger partial charge is 0.548 e. The summed E-state index contributed by atoms with van der Waals surface area (Å²) in [5.74, 6) is -1.66. The number of nitrogens with one attached hydrogen (secondary N) is 1. The number of fused-ring (bicyclic) bond motifs is 1. The maximum Gasteiger partial charge on any atom is 0.336 e. The standard InChI is InChI=1S/C23H23NO6/c1-3-7-16-12-20(26)30-22-14(2)18(11-10-17(16)22)29-13-19(25)24-21(23(27)28)15-8-5-4-6-9-15/h4-6,8-12,21H,3,7,13H2,1-2H3,(H,24,25)(H,27,28)/p-1/t21-/m0/s1. The van der Waals surface area contributed by atoms with E-state index in [1.165, 1.54) is 6.07 Å². The first-order valence-electron chi connectivity index (χ1n) is 9.65. The molecule has 7 nitrogen and oxygen atoms in total. The van der Waals surface area contributed by atoms with Crippen LogP contribution in [-0.2, 0) is 16.0 Å². The van der Waals surface area contributed by atoms with Crippen molar-refractivity contribution < 1.29 is 23.8 Å². The minimum atomic E-state index is -1.42. The van der Waals surface area contributed by atoms with Gasteiger partial charge in [-0.15, -0.1) is 0 Å². The molecule has 1 heterocycles. The second kappa shape index (κ2) is 9.26. The van der Waals surface area contributed by atoms with Gasteiger partial charge in [-0.2, -0.15) is 0 Å². The van der Waals surface area contributed by atoms with Crippen LogP contribution in [0.1, 0.15) is 36.1 Å². The molecule has 156 valence electrons. The van der Waals surface area contributed by atoms with Gasteiger partial charge in [-0.05, 0) is 36.6 Å². The van der Waals surface area contributed by atoms with Crippen molar-refractivity contribution in [1.29, 1.82) is 0 Å². The van der Waals surface area contributed by atoms with Crippen molar-refractivity contribution in [3.05, 3.63) is 75.6 Å². The Bertz CT molecular complexity index is 1120. The van der Waals surface area contributed by atoms with E-state index in [0.29, 0.717) is 22.5 Å². The van der Waals surface area contributed by atoms with Crippen molar-refractivity contribution in [3.8, 4) is 5.75 Å². The number of hydrogen-bond acceptors (Lipinski definition) is 6. The molecule has 0 unspecified atom stereocenters. The van der Waals surface area contributed by atoms with Gasteiger partial charge in [0.15, 0.2) is 6.61 Å². The highest BCUT2D eigenvalue weighted by molar-refractivity contribution is 5.86. The molecule has 3 aromatic rings. The smallest absolute Gasteiger partial charge is 0.336 e. The molecule has 1 aromatic heterocycles. The van der Waals surface area contributed by atoms with E-state index in [0.717, 1.165) is 23.8 Å². The lowest BCUT2D eigenvalue weighted by atomic mass is 10.0. The van der Waals surface area contributed by atoms with E-state index in [2.05, 4.69) is 5.32 Å². The molecular formula is C23H22NO6-. The monoisotopic (exact) mass is 408 g/mol. The van der Waals surface area contributed by atoms with Crippen molar-refractivity contribution in [2.75, 3.05) is 6.61 Å². The van der Waals surface area contributed by atoms with E-state index < -0.39 is 30.2 Å². The predicted octanol–water partition coefficient (Wildman–Crippen LogP) is 2.04. The summed E-state index contributed by atoms with van der Waals surface area (Å²) in [7, 11) is 0. The van der Waals surface area contributed by atoms with Crippen molar-refractivity contribution in [2.24, 2.45) is 0 Å². The maximum atomic E-state index is 12.3. The van der Waals surface area contributed by atoms with Gasteiger partial charge in [0.05, 0.1) is 12.0 Å². The van der Waals surface area contributed by atoms with Crippen molar-refractivity contribution in [3.63, 3.8) is 0 Å². The van der Waals surface area contributed by atoms with E-state index in [-0.39, 0.29) is 0 Å². The lowest BCUT2D eigenvalue weighted by Gasteiger charge is -2.20. The second-order valence-electron chi connectivity index (χ2n) is 6.92. The number of carboxylic acid groups (broad SMARTS) is 1. The minimum absolute atomic E-state index is 0.374. The molecule has 0 spiro atoms. The molecule has 0 fully saturated rings. The third kappa shape index (κ3) is 4.68. The lowest BCUT2D eigenvalue weighted by molar-refractivity contribution is -0.308. The number of amides is 1. The first-order valence-corrected chi connectivity index (χ1v) is 9.65. The molecule has 0 saturated carbocycles. The SMILES string of the molecule is CCCc1cc(=O)oc2c(C)c(OCC(=O)N[C@H](C(=O)[O-])c3ccccc3)ccc12. The molecule has 0 radical (unpaired) electrons. The number of aliphatic carboxylic acids is 1. The number of hydrogen-bond donors (Lipinski definition) is 1. The highest BCUT2D eigenvalue weighted by Crippen LogP contribution is 2.29. The van der Waals surface area contributed by atoms with Crippen LogP contribution in [0.25, 0.3) is 11.0 Å². The van der Waals surface area contributed by atoms with Gasteiger partial charge >= 0.3 is 5.63 Å². The summed E-state index contributed by atoms with van der Waals surface area (Å²) in [6.45, 7) is 3.36. The van der Waals surface area contributed by atoms with Gasteiger partial charge in [0.2, 0.25) is 0 Å². The summed E-state index contributed by atoms with van der Waals surface area (Å²) < 4.78 is 10.9. The average Bonchev–Trinajstić information content (AvgIpc) is 2.72. The summed E-state index contributed by atoms with van der Waals surface area (Å²) in [4.78, 5) is 35.6. The van der Waals surface area contributed by atoms with Gasteiger partial charge in [0.25, 0.3) is 5.91 Å². The van der Waals surface area contributed by atoms with Gasteiger partial charge in [-0.1, -0.05) is 43.7 Å². The number of aryl methyl sites for hydroxylation is 2. The van der Waals surface area contributed by atoms with Crippen molar-refractivity contribution in [2.45, 2.75) is 32.7 Å². The Morgan fingerprint density at radius 2 is 1.90 bits per heavy atom. The molecule has 0 aliphatic rings. The normalized spacial score (nSPS) is 11.8. The van der Waals surface area contributed by atoms with Gasteiger partial charge in [0, 0.05) is 17.0 Å².